The zero-order chi connectivity index (χ0) is 61.9. The second-order valence-corrected chi connectivity index (χ2v) is 24.8. The average Bonchev–Trinajstić information content (AvgIpc) is 3.48. The fourth-order valence-electron chi connectivity index (χ4n) is 9.93. The summed E-state index contributed by atoms with van der Waals surface area (Å²) in [6, 6.07) is 0. The Morgan fingerprint density at radius 3 is 1.00 bits per heavy atom. The normalized spacial score (nSPS) is 13.3. The first-order valence-corrected chi connectivity index (χ1v) is 35.4. The highest BCUT2D eigenvalue weighted by molar-refractivity contribution is 5.70. The molecule has 0 saturated heterocycles. The Balaban J connectivity index is 4.10. The summed E-state index contributed by atoms with van der Waals surface area (Å²) >= 11 is 0. The van der Waals surface area contributed by atoms with Crippen molar-refractivity contribution in [2.75, 3.05) is 47.5 Å². The van der Waals surface area contributed by atoms with Gasteiger partial charge in [-0.1, -0.05) is 297 Å². The van der Waals surface area contributed by atoms with Crippen LogP contribution in [-0.4, -0.2) is 82.3 Å². The number of carbonyl (C=O) groups excluding carboxylic acids is 3. The number of aliphatic carboxylic acids is 1. The van der Waals surface area contributed by atoms with Crippen LogP contribution in [0.5, 0.6) is 0 Å². The van der Waals surface area contributed by atoms with Gasteiger partial charge in [-0.25, -0.2) is 0 Å². The first-order chi connectivity index (χ1) is 41.6. The van der Waals surface area contributed by atoms with Crippen molar-refractivity contribution in [3.63, 3.8) is 0 Å². The van der Waals surface area contributed by atoms with Crippen molar-refractivity contribution >= 4 is 17.9 Å². The van der Waals surface area contributed by atoms with Crippen molar-refractivity contribution in [3.8, 4) is 0 Å². The predicted octanol–water partition coefficient (Wildman–Crippen LogP) is 20.7. The quantitative estimate of drug-likeness (QED) is 0.0195. The molecule has 0 rings (SSSR count). The van der Waals surface area contributed by atoms with Gasteiger partial charge in [0.15, 0.2) is 12.4 Å². The van der Waals surface area contributed by atoms with Crippen molar-refractivity contribution in [3.05, 3.63) is 97.2 Å². The minimum absolute atomic E-state index is 0.146. The first kappa shape index (κ1) is 81.2. The molecule has 0 radical (unpaired) electrons. The third-order valence-electron chi connectivity index (χ3n) is 15.3. The van der Waals surface area contributed by atoms with Gasteiger partial charge in [-0.15, -0.1) is 0 Å². The van der Waals surface area contributed by atoms with Crippen molar-refractivity contribution in [1.29, 1.82) is 0 Å². The highest BCUT2D eigenvalue weighted by Crippen LogP contribution is 2.17. The van der Waals surface area contributed by atoms with E-state index >= 15 is 0 Å². The molecule has 0 saturated carbocycles. The lowest BCUT2D eigenvalue weighted by molar-refractivity contribution is -0.870. The number of allylic oxidation sites excluding steroid dienone is 16. The summed E-state index contributed by atoms with van der Waals surface area (Å²) in [7, 11) is 5.93. The molecule has 0 N–H and O–H groups in total. The lowest BCUT2D eigenvalue weighted by Gasteiger charge is -2.26. The number of carbonyl (C=O) groups is 3. The van der Waals surface area contributed by atoms with E-state index in [0.29, 0.717) is 23.9 Å². The summed E-state index contributed by atoms with van der Waals surface area (Å²) in [5.74, 6) is -2.27. The molecule has 85 heavy (non-hydrogen) atoms. The topological polar surface area (TPSA) is 111 Å². The van der Waals surface area contributed by atoms with Gasteiger partial charge in [-0.2, -0.15) is 0 Å². The third kappa shape index (κ3) is 67.6. The Morgan fingerprint density at radius 2 is 0.671 bits per heavy atom. The van der Waals surface area contributed by atoms with E-state index < -0.39 is 24.3 Å². The SMILES string of the molecule is CC/C=C\C/C=C\C/C=C\C/C=C\C/C=C\C/C=C\CCCCCCCCCCCCCCCCCCC(=O)OC(COC(=O)CCCCCCCCCCCCCCC/C=C\C/C=C\CCCCCCC)COC(OCC[N+](C)(C)C)C(=O)[O-]. The van der Waals surface area contributed by atoms with Crippen LogP contribution in [0.15, 0.2) is 97.2 Å². The maximum Gasteiger partial charge on any atom is 0.306 e. The molecule has 490 valence electrons. The number of hydrogen-bond acceptors (Lipinski definition) is 8. The van der Waals surface area contributed by atoms with E-state index in [2.05, 4.69) is 111 Å². The Labute approximate surface area is 524 Å². The van der Waals surface area contributed by atoms with Crippen LogP contribution in [0.2, 0.25) is 0 Å². The third-order valence-corrected chi connectivity index (χ3v) is 15.3. The maximum atomic E-state index is 12.9. The van der Waals surface area contributed by atoms with Crippen LogP contribution in [0.4, 0.5) is 0 Å². The van der Waals surface area contributed by atoms with Gasteiger partial charge in [0, 0.05) is 12.8 Å². The van der Waals surface area contributed by atoms with Gasteiger partial charge < -0.3 is 33.3 Å². The maximum absolute atomic E-state index is 12.9. The number of likely N-dealkylation sites (N-methyl/N-ethyl adjacent to an activating group) is 1. The van der Waals surface area contributed by atoms with E-state index in [1.807, 2.05) is 21.1 Å². The summed E-state index contributed by atoms with van der Waals surface area (Å²) in [4.78, 5) is 37.5. The van der Waals surface area contributed by atoms with Gasteiger partial charge in [-0.05, 0) is 96.3 Å². The van der Waals surface area contributed by atoms with Crippen molar-refractivity contribution < 1.29 is 42.9 Å². The first-order valence-electron chi connectivity index (χ1n) is 35.4. The van der Waals surface area contributed by atoms with Crippen molar-refractivity contribution in [2.24, 2.45) is 0 Å². The van der Waals surface area contributed by atoms with Crippen LogP contribution >= 0.6 is 0 Å². The van der Waals surface area contributed by atoms with Crippen LogP contribution in [-0.2, 0) is 33.3 Å². The molecule has 2 unspecified atom stereocenters. The molecule has 0 amide bonds. The highest BCUT2D eigenvalue weighted by Gasteiger charge is 2.22. The number of rotatable bonds is 65. The van der Waals surface area contributed by atoms with Crippen LogP contribution in [0, 0.1) is 0 Å². The lowest BCUT2D eigenvalue weighted by Crippen LogP contribution is -2.44. The molecule has 0 spiro atoms. The molecule has 9 nitrogen and oxygen atoms in total. The summed E-state index contributed by atoms with van der Waals surface area (Å²) in [6.45, 7) is 4.65. The molecule has 0 aromatic rings. The van der Waals surface area contributed by atoms with Crippen molar-refractivity contribution in [2.45, 2.75) is 322 Å². The largest absolute Gasteiger partial charge is 0.545 e. The van der Waals surface area contributed by atoms with E-state index in [1.165, 1.54) is 193 Å². The number of quaternary nitrogens is 1. The van der Waals surface area contributed by atoms with Gasteiger partial charge in [0.25, 0.3) is 0 Å². The second-order valence-electron chi connectivity index (χ2n) is 24.8. The Hall–Kier alpha value is -3.79. The number of carboxylic acids is 1. The number of carboxylic acid groups (broad SMARTS) is 1. The molecule has 0 aromatic carbocycles. The Bertz CT molecular complexity index is 1720. The fourth-order valence-corrected chi connectivity index (χ4v) is 9.93. The fraction of sp³-hybridized carbons (Fsp3) is 0.750. The highest BCUT2D eigenvalue weighted by atomic mass is 16.7. The molecule has 0 fully saturated rings. The van der Waals surface area contributed by atoms with Gasteiger partial charge in [-0.3, -0.25) is 9.59 Å². The zero-order valence-electron chi connectivity index (χ0n) is 56.0. The number of unbranched alkanes of at least 4 members (excludes halogenated alkanes) is 34. The zero-order valence-corrected chi connectivity index (χ0v) is 56.0. The smallest absolute Gasteiger partial charge is 0.306 e. The van der Waals surface area contributed by atoms with Crippen molar-refractivity contribution in [1.82, 2.24) is 0 Å². The molecule has 0 heterocycles. The molecule has 2 atom stereocenters. The minimum atomic E-state index is -1.63. The molecule has 0 aliphatic carbocycles. The van der Waals surface area contributed by atoms with Gasteiger partial charge in [0.05, 0.1) is 40.3 Å². The number of nitrogens with zero attached hydrogens (tertiary/aromatic N) is 1. The van der Waals surface area contributed by atoms with Gasteiger partial charge >= 0.3 is 11.9 Å². The van der Waals surface area contributed by atoms with Crippen LogP contribution in [0.25, 0.3) is 0 Å². The molecular weight excluding hydrogens is 1050 g/mol. The molecule has 0 bridgehead atoms. The standard InChI is InChI=1S/C76H133NO8/c1-6-8-10-12-14-16-18-20-22-24-26-28-30-32-33-34-35-36-37-38-39-40-41-43-45-47-49-51-53-55-57-59-61-63-65-67-74(79)85-72(71-84-76(75(80)81)82-69-68-77(3,4)5)70-83-73(78)66-64-62-60-58-56-54-52-50-48-46-44-42-31-29-27-25-23-21-19-17-15-13-11-9-7-2/h8,10,14,16,19-22,25-28,32-33,35-36,72,76H,6-7,9,11-13,15,17-18,23-24,29-31,34,37-71H2,1-5H3/b10-8-,16-14-,21-19-,22-20-,27-25-,28-26-,33-32-,36-35-. The molecule has 0 aromatic heterocycles. The number of ether oxygens (including phenoxy) is 4. The van der Waals surface area contributed by atoms with E-state index in [4.69, 9.17) is 18.9 Å². The van der Waals surface area contributed by atoms with Gasteiger partial charge in [0.2, 0.25) is 0 Å². The number of hydrogen-bond donors (Lipinski definition) is 0. The monoisotopic (exact) mass is 1190 g/mol. The second kappa shape index (κ2) is 66.2. The van der Waals surface area contributed by atoms with Crippen LogP contribution in [0.3, 0.4) is 0 Å². The minimum Gasteiger partial charge on any atom is -0.545 e. The summed E-state index contributed by atoms with van der Waals surface area (Å²) in [5.41, 5.74) is 0. The number of esters is 2. The Kier molecular flexibility index (Phi) is 63.2. The van der Waals surface area contributed by atoms with Crippen LogP contribution < -0.4 is 5.11 Å². The summed E-state index contributed by atoms with van der Waals surface area (Å²) in [6.07, 6.45) is 87.7. The summed E-state index contributed by atoms with van der Waals surface area (Å²) in [5, 5.41) is 11.8. The average molecular weight is 1190 g/mol. The van der Waals surface area contributed by atoms with Crippen LogP contribution in [0.1, 0.15) is 309 Å². The summed E-state index contributed by atoms with van der Waals surface area (Å²) < 4.78 is 22.8. The molecule has 0 aliphatic rings. The van der Waals surface area contributed by atoms with E-state index in [0.717, 1.165) is 83.5 Å². The molecule has 9 heteroatoms. The molecular formula is C76H133NO8. The van der Waals surface area contributed by atoms with E-state index in [1.54, 1.807) is 0 Å². The molecule has 0 aliphatic heterocycles. The predicted molar refractivity (Wildman–Crippen MR) is 361 cm³/mol. The Morgan fingerprint density at radius 1 is 0.365 bits per heavy atom. The van der Waals surface area contributed by atoms with E-state index in [-0.39, 0.29) is 32.2 Å². The lowest BCUT2D eigenvalue weighted by atomic mass is 10.0. The van der Waals surface area contributed by atoms with E-state index in [9.17, 15) is 19.5 Å². The van der Waals surface area contributed by atoms with Gasteiger partial charge in [0.1, 0.15) is 13.2 Å².